The monoisotopic (exact) mass is 465 g/mol. The lowest BCUT2D eigenvalue weighted by atomic mass is 10.0. The summed E-state index contributed by atoms with van der Waals surface area (Å²) in [6.07, 6.45) is 8.37. The zero-order chi connectivity index (χ0) is 23.9. The predicted molar refractivity (Wildman–Crippen MR) is 138 cm³/mol. The van der Waals surface area contributed by atoms with Gasteiger partial charge in [-0.1, -0.05) is 70.4 Å². The summed E-state index contributed by atoms with van der Waals surface area (Å²) in [7, 11) is -1.98. The lowest BCUT2D eigenvalue weighted by Gasteiger charge is -2.38. The first-order valence-electron chi connectivity index (χ1n) is 12.1. The van der Waals surface area contributed by atoms with Crippen molar-refractivity contribution in [1.29, 1.82) is 0 Å². The number of benzene rings is 2. The van der Waals surface area contributed by atoms with Gasteiger partial charge in [-0.2, -0.15) is 0 Å². The Balaban J connectivity index is 1.62. The Bertz CT molecular complexity index is 974. The molecular formula is C28H39NO3Si. The maximum Gasteiger partial charge on any atom is 0.222 e. The molecule has 1 atom stereocenters. The van der Waals surface area contributed by atoms with Gasteiger partial charge in [-0.15, -0.1) is 0 Å². The topological polar surface area (TPSA) is 55.5 Å². The Morgan fingerprint density at radius 3 is 2.27 bits per heavy atom. The minimum atomic E-state index is -1.98. The molecule has 0 spiro atoms. The lowest BCUT2D eigenvalue weighted by Crippen LogP contribution is -2.41. The average molecular weight is 466 g/mol. The van der Waals surface area contributed by atoms with E-state index < -0.39 is 8.32 Å². The van der Waals surface area contributed by atoms with Gasteiger partial charge in [-0.25, -0.2) is 4.98 Å². The number of hydrogen-bond donors (Lipinski definition) is 1. The van der Waals surface area contributed by atoms with Crippen LogP contribution in [-0.2, 0) is 10.8 Å². The molecule has 0 bridgehead atoms. The highest BCUT2D eigenvalue weighted by Crippen LogP contribution is 2.41. The molecule has 1 unspecified atom stereocenters. The normalized spacial score (nSPS) is 13.2. The van der Waals surface area contributed by atoms with Crippen molar-refractivity contribution in [3.05, 3.63) is 72.2 Å². The maximum absolute atomic E-state index is 9.56. The first-order chi connectivity index (χ1) is 15.7. The zero-order valence-corrected chi connectivity index (χ0v) is 21.8. The lowest BCUT2D eigenvalue weighted by molar-refractivity contribution is 0.139. The van der Waals surface area contributed by atoms with E-state index in [-0.39, 0.29) is 16.9 Å². The van der Waals surface area contributed by atoms with Gasteiger partial charge in [-0.05, 0) is 67.2 Å². The molecule has 3 aromatic rings. The molecule has 1 heterocycles. The Morgan fingerprint density at radius 1 is 0.939 bits per heavy atom. The van der Waals surface area contributed by atoms with Crippen LogP contribution in [0.25, 0.3) is 11.3 Å². The van der Waals surface area contributed by atoms with Crippen LogP contribution in [0.2, 0.25) is 18.1 Å². The summed E-state index contributed by atoms with van der Waals surface area (Å²) < 4.78 is 12.9. The molecule has 2 aromatic carbocycles. The van der Waals surface area contributed by atoms with Crippen molar-refractivity contribution < 1.29 is 13.9 Å². The Hall–Kier alpha value is -2.37. The largest absolute Gasteiger partial charge is 0.508 e. The molecule has 0 aliphatic rings. The van der Waals surface area contributed by atoms with Crippen molar-refractivity contribution in [2.45, 2.75) is 83.5 Å². The number of aromatic nitrogens is 1. The molecule has 0 amide bonds. The fraction of sp³-hybridized carbons (Fsp3) is 0.464. The van der Waals surface area contributed by atoms with Gasteiger partial charge < -0.3 is 13.9 Å². The van der Waals surface area contributed by atoms with E-state index >= 15 is 0 Å². The number of phenolic OH excluding ortho intramolecular Hbond substituents is 1. The zero-order valence-electron chi connectivity index (χ0n) is 20.8. The van der Waals surface area contributed by atoms with Crippen molar-refractivity contribution in [2.24, 2.45) is 0 Å². The van der Waals surface area contributed by atoms with E-state index in [1.54, 1.807) is 18.3 Å². The van der Waals surface area contributed by atoms with E-state index in [2.05, 4.69) is 69.2 Å². The first kappa shape index (κ1) is 25.3. The van der Waals surface area contributed by atoms with Gasteiger partial charge in [0.1, 0.15) is 11.9 Å². The van der Waals surface area contributed by atoms with Crippen LogP contribution in [0.1, 0.15) is 70.4 Å². The van der Waals surface area contributed by atoms with Gasteiger partial charge >= 0.3 is 0 Å². The van der Waals surface area contributed by atoms with Crippen molar-refractivity contribution in [3.8, 4) is 17.1 Å². The van der Waals surface area contributed by atoms with Crippen LogP contribution in [0, 0.1) is 0 Å². The van der Waals surface area contributed by atoms with Crippen LogP contribution < -0.4 is 0 Å². The minimum Gasteiger partial charge on any atom is -0.508 e. The van der Waals surface area contributed by atoms with Crippen LogP contribution in [0.3, 0.4) is 0 Å². The fourth-order valence-corrected chi connectivity index (χ4v) is 4.90. The van der Waals surface area contributed by atoms with E-state index in [1.165, 1.54) is 24.8 Å². The highest BCUT2D eigenvalue weighted by molar-refractivity contribution is 6.74. The molecule has 178 valence electrons. The second-order valence-electron chi connectivity index (χ2n) is 10.4. The quantitative estimate of drug-likeness (QED) is 0.228. The van der Waals surface area contributed by atoms with Gasteiger partial charge in [0.05, 0.1) is 6.20 Å². The van der Waals surface area contributed by atoms with Gasteiger partial charge in [0.25, 0.3) is 0 Å². The minimum absolute atomic E-state index is 0.118. The average Bonchev–Trinajstić information content (AvgIpc) is 3.26. The number of unbranched alkanes of at least 4 members (excludes halogenated alkanes) is 3. The molecule has 0 aliphatic carbocycles. The third kappa shape index (κ3) is 7.31. The van der Waals surface area contributed by atoms with Crippen LogP contribution in [-0.4, -0.2) is 18.4 Å². The summed E-state index contributed by atoms with van der Waals surface area (Å²) in [6.45, 7) is 11.3. The van der Waals surface area contributed by atoms with E-state index in [9.17, 15) is 5.11 Å². The van der Waals surface area contributed by atoms with Crippen LogP contribution in [0.15, 0.2) is 65.2 Å². The van der Waals surface area contributed by atoms with E-state index in [1.807, 2.05) is 12.1 Å². The van der Waals surface area contributed by atoms with Crippen LogP contribution in [0.4, 0.5) is 0 Å². The van der Waals surface area contributed by atoms with Gasteiger partial charge in [0.2, 0.25) is 5.89 Å². The molecule has 33 heavy (non-hydrogen) atoms. The standard InChI is InChI=1S/C28H39NO3Si/c1-28(2,3)33(4,5)32-25(16-12-7-6-9-13-22-14-10-8-11-15-22)27-29-21-26(31-27)23-17-19-24(30)20-18-23/h8,10-11,14-15,17-21,25,30H,6-7,9,12-13,16H2,1-5H3. The van der Waals surface area contributed by atoms with Gasteiger partial charge in [0, 0.05) is 5.56 Å². The summed E-state index contributed by atoms with van der Waals surface area (Å²) in [4.78, 5) is 4.60. The third-order valence-electron chi connectivity index (χ3n) is 6.72. The SMILES string of the molecule is CC(C)(C)[Si](C)(C)OC(CCCCCCc1ccccc1)c1ncc(-c2ccc(O)cc2)o1. The number of nitrogens with zero attached hydrogens (tertiary/aromatic N) is 1. The highest BCUT2D eigenvalue weighted by Gasteiger charge is 2.40. The van der Waals surface area contributed by atoms with Crippen molar-refractivity contribution in [1.82, 2.24) is 4.98 Å². The predicted octanol–water partition coefficient (Wildman–Crippen LogP) is 8.30. The molecule has 3 rings (SSSR count). The molecule has 4 nitrogen and oxygen atoms in total. The molecule has 1 aromatic heterocycles. The molecule has 0 fully saturated rings. The molecule has 0 aliphatic heterocycles. The van der Waals surface area contributed by atoms with Crippen molar-refractivity contribution in [2.75, 3.05) is 0 Å². The number of phenols is 1. The van der Waals surface area contributed by atoms with E-state index in [4.69, 9.17) is 8.84 Å². The Labute approximate surface area is 200 Å². The maximum atomic E-state index is 9.56. The first-order valence-corrected chi connectivity index (χ1v) is 15.0. The second-order valence-corrected chi connectivity index (χ2v) is 15.2. The summed E-state index contributed by atoms with van der Waals surface area (Å²) in [6, 6.07) is 17.7. The molecule has 5 heteroatoms. The molecule has 0 saturated carbocycles. The van der Waals surface area contributed by atoms with Crippen molar-refractivity contribution >= 4 is 8.32 Å². The summed E-state index contributed by atoms with van der Waals surface area (Å²) in [5, 5.41) is 9.68. The second kappa shape index (κ2) is 11.2. The molecule has 0 saturated heterocycles. The highest BCUT2D eigenvalue weighted by atomic mass is 28.4. The van der Waals surface area contributed by atoms with Gasteiger partial charge in [0.15, 0.2) is 14.1 Å². The Kier molecular flexibility index (Phi) is 8.55. The van der Waals surface area contributed by atoms with Crippen LogP contribution in [0.5, 0.6) is 5.75 Å². The Morgan fingerprint density at radius 2 is 1.61 bits per heavy atom. The van der Waals surface area contributed by atoms with Gasteiger partial charge in [-0.3, -0.25) is 0 Å². The van der Waals surface area contributed by atoms with Crippen molar-refractivity contribution in [3.63, 3.8) is 0 Å². The third-order valence-corrected chi connectivity index (χ3v) is 11.2. The smallest absolute Gasteiger partial charge is 0.222 e. The molecule has 1 N–H and O–H groups in total. The number of rotatable bonds is 11. The van der Waals surface area contributed by atoms with Crippen LogP contribution >= 0.6 is 0 Å². The number of aryl methyl sites for hydroxylation is 1. The fourth-order valence-electron chi connectivity index (χ4n) is 3.62. The summed E-state index contributed by atoms with van der Waals surface area (Å²) in [5.74, 6) is 1.61. The summed E-state index contributed by atoms with van der Waals surface area (Å²) in [5.41, 5.74) is 2.32. The summed E-state index contributed by atoms with van der Waals surface area (Å²) >= 11 is 0. The van der Waals surface area contributed by atoms with E-state index in [0.717, 1.165) is 24.8 Å². The number of aromatic hydroxyl groups is 1. The molecular weight excluding hydrogens is 426 g/mol. The number of oxazole rings is 1. The molecule has 0 radical (unpaired) electrons. The number of hydrogen-bond acceptors (Lipinski definition) is 4. The van der Waals surface area contributed by atoms with E-state index in [0.29, 0.717) is 11.7 Å².